The van der Waals surface area contributed by atoms with Gasteiger partial charge < -0.3 is 15.5 Å². The molecule has 2 amide bonds. The quantitative estimate of drug-likeness (QED) is 0.606. The van der Waals surface area contributed by atoms with Crippen LogP contribution in [0.25, 0.3) is 5.69 Å². The molecule has 0 saturated carbocycles. The molecule has 0 atom stereocenters. The number of piperidine rings is 1. The fourth-order valence-electron chi connectivity index (χ4n) is 3.56. The average molecular weight is 439 g/mol. The molecule has 1 aliphatic rings. The van der Waals surface area contributed by atoms with Gasteiger partial charge in [-0.1, -0.05) is 24.6 Å². The summed E-state index contributed by atoms with van der Waals surface area (Å²) in [5.74, 6) is 1.81. The Balaban J connectivity index is 1.22. The van der Waals surface area contributed by atoms with Crippen LogP contribution in [0.4, 0.5) is 10.6 Å². The predicted molar refractivity (Wildman–Crippen MR) is 122 cm³/mol. The molecule has 0 aliphatic carbocycles. The molecule has 8 heteroatoms. The molecule has 1 aliphatic heterocycles. The van der Waals surface area contributed by atoms with Crippen molar-refractivity contribution in [2.75, 3.05) is 18.0 Å². The standard InChI is InChI=1S/C23H27ClN6O/c1-17-8-10-29(11-9-17)22-7-2-18(12-25-22)13-26-23(31)27-14-19-15-28-30(16-19)21-5-3-20(24)4-6-21/h2-7,12,15-17H,8-11,13-14H2,1H3,(H2,26,27,31). The molecule has 31 heavy (non-hydrogen) atoms. The smallest absolute Gasteiger partial charge is 0.315 e. The molecule has 0 radical (unpaired) electrons. The van der Waals surface area contributed by atoms with Crippen LogP contribution in [0, 0.1) is 5.92 Å². The van der Waals surface area contributed by atoms with Crippen LogP contribution in [0.5, 0.6) is 0 Å². The van der Waals surface area contributed by atoms with Gasteiger partial charge in [-0.2, -0.15) is 5.10 Å². The third-order valence-corrected chi connectivity index (χ3v) is 5.80. The number of carbonyl (C=O) groups is 1. The van der Waals surface area contributed by atoms with Gasteiger partial charge in [0.15, 0.2) is 0 Å². The Morgan fingerprint density at radius 1 is 1.03 bits per heavy atom. The van der Waals surface area contributed by atoms with E-state index in [1.54, 1.807) is 10.9 Å². The summed E-state index contributed by atoms with van der Waals surface area (Å²) in [4.78, 5) is 19.1. The number of hydrogen-bond acceptors (Lipinski definition) is 4. The van der Waals surface area contributed by atoms with Gasteiger partial charge in [0.1, 0.15) is 5.82 Å². The van der Waals surface area contributed by atoms with E-state index in [9.17, 15) is 4.79 Å². The Bertz CT molecular complexity index is 994. The highest BCUT2D eigenvalue weighted by Gasteiger charge is 2.16. The van der Waals surface area contributed by atoms with Crippen molar-refractivity contribution in [1.29, 1.82) is 0 Å². The second kappa shape index (κ2) is 9.83. The molecule has 162 valence electrons. The maximum Gasteiger partial charge on any atom is 0.315 e. The van der Waals surface area contributed by atoms with E-state index < -0.39 is 0 Å². The summed E-state index contributed by atoms with van der Waals surface area (Å²) in [6.45, 7) is 5.24. The van der Waals surface area contributed by atoms with Crippen LogP contribution in [0.1, 0.15) is 30.9 Å². The first-order valence-corrected chi connectivity index (χ1v) is 11.0. The minimum atomic E-state index is -0.228. The molecule has 7 nitrogen and oxygen atoms in total. The third-order valence-electron chi connectivity index (χ3n) is 5.55. The summed E-state index contributed by atoms with van der Waals surface area (Å²) < 4.78 is 1.75. The average Bonchev–Trinajstić information content (AvgIpc) is 3.27. The van der Waals surface area contributed by atoms with E-state index in [-0.39, 0.29) is 6.03 Å². The number of pyridine rings is 1. The number of nitrogens with one attached hydrogen (secondary N) is 2. The van der Waals surface area contributed by atoms with Crippen molar-refractivity contribution in [2.24, 2.45) is 5.92 Å². The Hall–Kier alpha value is -3.06. The van der Waals surface area contributed by atoms with Crippen LogP contribution in [0.15, 0.2) is 55.0 Å². The Morgan fingerprint density at radius 3 is 2.42 bits per heavy atom. The second-order valence-corrected chi connectivity index (χ2v) is 8.44. The number of hydrogen-bond donors (Lipinski definition) is 2. The number of carbonyl (C=O) groups excluding carboxylic acids is 1. The summed E-state index contributed by atoms with van der Waals surface area (Å²) >= 11 is 5.92. The van der Waals surface area contributed by atoms with Crippen LogP contribution in [-0.4, -0.2) is 33.9 Å². The van der Waals surface area contributed by atoms with Gasteiger partial charge in [0.05, 0.1) is 11.9 Å². The minimum absolute atomic E-state index is 0.228. The van der Waals surface area contributed by atoms with Crippen molar-refractivity contribution in [1.82, 2.24) is 25.4 Å². The van der Waals surface area contributed by atoms with Crippen molar-refractivity contribution < 1.29 is 4.79 Å². The molecule has 1 fully saturated rings. The molecule has 2 N–H and O–H groups in total. The lowest BCUT2D eigenvalue weighted by molar-refractivity contribution is 0.240. The molecular weight excluding hydrogens is 412 g/mol. The number of halogens is 1. The van der Waals surface area contributed by atoms with Crippen LogP contribution >= 0.6 is 11.6 Å². The predicted octanol–water partition coefficient (Wildman–Crippen LogP) is 4.16. The zero-order chi connectivity index (χ0) is 21.6. The molecule has 1 saturated heterocycles. The first-order valence-electron chi connectivity index (χ1n) is 10.6. The van der Waals surface area contributed by atoms with Crippen molar-refractivity contribution in [3.05, 3.63) is 71.1 Å². The van der Waals surface area contributed by atoms with E-state index in [0.29, 0.717) is 18.1 Å². The van der Waals surface area contributed by atoms with Gasteiger partial charge in [-0.3, -0.25) is 0 Å². The fourth-order valence-corrected chi connectivity index (χ4v) is 3.69. The van der Waals surface area contributed by atoms with Crippen LogP contribution < -0.4 is 15.5 Å². The van der Waals surface area contributed by atoms with Crippen LogP contribution in [-0.2, 0) is 13.1 Å². The van der Waals surface area contributed by atoms with Crippen molar-refractivity contribution in [2.45, 2.75) is 32.9 Å². The van der Waals surface area contributed by atoms with Gasteiger partial charge in [-0.05, 0) is 54.7 Å². The monoisotopic (exact) mass is 438 g/mol. The highest BCUT2D eigenvalue weighted by molar-refractivity contribution is 6.30. The first-order chi connectivity index (χ1) is 15.1. The van der Waals surface area contributed by atoms with Gasteiger partial charge in [0.25, 0.3) is 0 Å². The van der Waals surface area contributed by atoms with Gasteiger partial charge >= 0.3 is 6.03 Å². The fraction of sp³-hybridized carbons (Fsp3) is 0.348. The lowest BCUT2D eigenvalue weighted by Gasteiger charge is -2.31. The van der Waals surface area contributed by atoms with E-state index in [2.05, 4.69) is 32.5 Å². The lowest BCUT2D eigenvalue weighted by atomic mass is 9.99. The van der Waals surface area contributed by atoms with Gasteiger partial charge in [-0.15, -0.1) is 0 Å². The maximum atomic E-state index is 12.2. The molecule has 3 aromatic rings. The van der Waals surface area contributed by atoms with E-state index in [1.807, 2.05) is 48.8 Å². The summed E-state index contributed by atoms with van der Waals surface area (Å²) in [5.41, 5.74) is 2.79. The number of amides is 2. The van der Waals surface area contributed by atoms with Crippen molar-refractivity contribution >= 4 is 23.4 Å². The molecule has 0 spiro atoms. The second-order valence-electron chi connectivity index (χ2n) is 8.00. The van der Waals surface area contributed by atoms with E-state index in [4.69, 9.17) is 11.6 Å². The minimum Gasteiger partial charge on any atom is -0.357 e. The first kappa shape index (κ1) is 21.2. The number of aromatic nitrogens is 3. The maximum absolute atomic E-state index is 12.2. The summed E-state index contributed by atoms with van der Waals surface area (Å²) in [6, 6.07) is 11.3. The molecule has 0 bridgehead atoms. The number of rotatable bonds is 6. The number of benzene rings is 1. The van der Waals surface area contributed by atoms with E-state index >= 15 is 0 Å². The Labute approximate surface area is 187 Å². The Morgan fingerprint density at radius 2 is 1.74 bits per heavy atom. The van der Waals surface area contributed by atoms with Gasteiger partial charge in [0.2, 0.25) is 0 Å². The highest BCUT2D eigenvalue weighted by Crippen LogP contribution is 2.21. The van der Waals surface area contributed by atoms with Crippen LogP contribution in [0.3, 0.4) is 0 Å². The molecule has 0 unspecified atom stereocenters. The molecular formula is C23H27ClN6O. The van der Waals surface area contributed by atoms with E-state index in [0.717, 1.165) is 41.6 Å². The van der Waals surface area contributed by atoms with Crippen molar-refractivity contribution in [3.8, 4) is 5.69 Å². The molecule has 1 aromatic carbocycles. The van der Waals surface area contributed by atoms with Gasteiger partial charge in [0, 0.05) is 49.2 Å². The van der Waals surface area contributed by atoms with Crippen LogP contribution in [0.2, 0.25) is 5.02 Å². The summed E-state index contributed by atoms with van der Waals surface area (Å²) in [7, 11) is 0. The van der Waals surface area contributed by atoms with Crippen molar-refractivity contribution in [3.63, 3.8) is 0 Å². The third kappa shape index (κ3) is 5.76. The summed E-state index contributed by atoms with van der Waals surface area (Å²) in [6.07, 6.45) is 7.88. The Kier molecular flexibility index (Phi) is 6.72. The van der Waals surface area contributed by atoms with E-state index in [1.165, 1.54) is 12.8 Å². The highest BCUT2D eigenvalue weighted by atomic mass is 35.5. The lowest BCUT2D eigenvalue weighted by Crippen LogP contribution is -2.34. The molecule has 3 heterocycles. The largest absolute Gasteiger partial charge is 0.357 e. The molecule has 4 rings (SSSR count). The number of nitrogens with zero attached hydrogens (tertiary/aromatic N) is 4. The summed E-state index contributed by atoms with van der Waals surface area (Å²) in [5, 5.41) is 10.7. The number of anilines is 1. The topological polar surface area (TPSA) is 75.1 Å². The normalized spacial score (nSPS) is 14.5. The SMILES string of the molecule is CC1CCN(c2ccc(CNC(=O)NCc3cnn(-c4ccc(Cl)cc4)c3)cn2)CC1. The zero-order valence-corrected chi connectivity index (χ0v) is 18.3. The number of urea groups is 1. The zero-order valence-electron chi connectivity index (χ0n) is 17.6. The van der Waals surface area contributed by atoms with Gasteiger partial charge in [-0.25, -0.2) is 14.5 Å². The molecule has 2 aromatic heterocycles.